The number of amides is 2. The molecule has 1 aliphatic carbocycles. The lowest BCUT2D eigenvalue weighted by Gasteiger charge is -2.35. The highest BCUT2D eigenvalue weighted by molar-refractivity contribution is 5.98. The molecule has 1 heterocycles. The molecule has 2 aliphatic rings. The summed E-state index contributed by atoms with van der Waals surface area (Å²) >= 11 is 0. The number of hydrogen-bond donors (Lipinski definition) is 0. The minimum absolute atomic E-state index is 0.0227. The molecule has 2 fully saturated rings. The quantitative estimate of drug-likeness (QED) is 0.622. The SMILES string of the molecule is CCN(Cc1ccc(OC)c(OC)c1)C(=O)C1CC2CCCCC2N1C(=O)c1ccccc1. The van der Waals surface area contributed by atoms with Crippen LogP contribution in [-0.4, -0.2) is 54.5 Å². The smallest absolute Gasteiger partial charge is 0.254 e. The zero-order valence-electron chi connectivity index (χ0n) is 19.8. The van der Waals surface area contributed by atoms with Gasteiger partial charge in [0.2, 0.25) is 5.91 Å². The van der Waals surface area contributed by atoms with Crippen molar-refractivity contribution < 1.29 is 19.1 Å². The summed E-state index contributed by atoms with van der Waals surface area (Å²) in [5, 5.41) is 0. The Morgan fingerprint density at radius 2 is 1.73 bits per heavy atom. The number of nitrogens with zero attached hydrogens (tertiary/aromatic N) is 2. The Hall–Kier alpha value is -3.02. The zero-order chi connectivity index (χ0) is 23.4. The van der Waals surface area contributed by atoms with Gasteiger partial charge in [0.15, 0.2) is 11.5 Å². The first-order chi connectivity index (χ1) is 16.1. The van der Waals surface area contributed by atoms with Crippen molar-refractivity contribution in [3.8, 4) is 11.5 Å². The molecule has 0 spiro atoms. The van der Waals surface area contributed by atoms with Crippen LogP contribution < -0.4 is 9.47 Å². The van der Waals surface area contributed by atoms with E-state index in [-0.39, 0.29) is 17.9 Å². The Balaban J connectivity index is 1.59. The van der Waals surface area contributed by atoms with Gasteiger partial charge >= 0.3 is 0 Å². The summed E-state index contributed by atoms with van der Waals surface area (Å²) in [5.74, 6) is 1.72. The molecule has 2 amide bonds. The van der Waals surface area contributed by atoms with E-state index in [1.165, 1.54) is 6.42 Å². The van der Waals surface area contributed by atoms with Crippen molar-refractivity contribution in [1.82, 2.24) is 9.80 Å². The fourth-order valence-electron chi connectivity index (χ4n) is 5.46. The molecule has 6 nitrogen and oxygen atoms in total. The maximum Gasteiger partial charge on any atom is 0.254 e. The summed E-state index contributed by atoms with van der Waals surface area (Å²) in [6.45, 7) is 3.03. The van der Waals surface area contributed by atoms with Crippen LogP contribution >= 0.6 is 0 Å². The van der Waals surface area contributed by atoms with Crippen molar-refractivity contribution in [2.24, 2.45) is 5.92 Å². The molecule has 4 rings (SSSR count). The normalized spacial score (nSPS) is 21.9. The van der Waals surface area contributed by atoms with Gasteiger partial charge in [0.05, 0.1) is 14.2 Å². The topological polar surface area (TPSA) is 59.1 Å². The van der Waals surface area contributed by atoms with Crippen molar-refractivity contribution in [2.75, 3.05) is 20.8 Å². The fourth-order valence-corrected chi connectivity index (χ4v) is 5.46. The molecule has 176 valence electrons. The van der Waals surface area contributed by atoms with Gasteiger partial charge in [-0.25, -0.2) is 0 Å². The third kappa shape index (κ3) is 4.70. The van der Waals surface area contributed by atoms with Gasteiger partial charge in [-0.05, 0) is 61.9 Å². The predicted octanol–water partition coefficient (Wildman–Crippen LogP) is 4.53. The maximum atomic E-state index is 13.8. The number of fused-ring (bicyclic) bond motifs is 1. The van der Waals surface area contributed by atoms with Gasteiger partial charge in [-0.3, -0.25) is 9.59 Å². The molecule has 1 aliphatic heterocycles. The third-order valence-electron chi connectivity index (χ3n) is 7.14. The van der Waals surface area contributed by atoms with Crippen molar-refractivity contribution in [3.63, 3.8) is 0 Å². The van der Waals surface area contributed by atoms with Crippen molar-refractivity contribution in [3.05, 3.63) is 59.7 Å². The molecule has 1 saturated heterocycles. The molecule has 0 N–H and O–H groups in total. The van der Waals surface area contributed by atoms with Crippen LogP contribution in [0.1, 0.15) is 54.9 Å². The lowest BCUT2D eigenvalue weighted by molar-refractivity contribution is -0.136. The first kappa shape index (κ1) is 23.1. The van der Waals surface area contributed by atoms with Gasteiger partial charge in [-0.15, -0.1) is 0 Å². The number of carbonyl (C=O) groups excluding carboxylic acids is 2. The van der Waals surface area contributed by atoms with Crippen LogP contribution in [0.5, 0.6) is 11.5 Å². The number of benzene rings is 2. The Labute approximate surface area is 196 Å². The van der Waals surface area contributed by atoms with E-state index in [9.17, 15) is 9.59 Å². The van der Waals surface area contributed by atoms with E-state index >= 15 is 0 Å². The molecule has 0 radical (unpaired) electrons. The number of carbonyl (C=O) groups is 2. The third-order valence-corrected chi connectivity index (χ3v) is 7.14. The second-order valence-electron chi connectivity index (χ2n) is 8.98. The molecule has 2 aromatic carbocycles. The van der Waals surface area contributed by atoms with E-state index < -0.39 is 6.04 Å². The molecular weight excluding hydrogens is 416 g/mol. The summed E-state index contributed by atoms with van der Waals surface area (Å²) in [5.41, 5.74) is 1.63. The van der Waals surface area contributed by atoms with Crippen LogP contribution in [0.15, 0.2) is 48.5 Å². The van der Waals surface area contributed by atoms with Gasteiger partial charge in [-0.2, -0.15) is 0 Å². The van der Waals surface area contributed by atoms with Gasteiger partial charge < -0.3 is 19.3 Å². The van der Waals surface area contributed by atoms with Gasteiger partial charge in [-0.1, -0.05) is 37.1 Å². The summed E-state index contributed by atoms with van der Waals surface area (Å²) < 4.78 is 10.8. The number of rotatable bonds is 7. The van der Waals surface area contributed by atoms with Gasteiger partial charge in [0.1, 0.15) is 6.04 Å². The second-order valence-corrected chi connectivity index (χ2v) is 8.98. The van der Waals surface area contributed by atoms with Crippen LogP contribution in [0.4, 0.5) is 0 Å². The van der Waals surface area contributed by atoms with Gasteiger partial charge in [0, 0.05) is 24.7 Å². The zero-order valence-corrected chi connectivity index (χ0v) is 19.8. The molecule has 33 heavy (non-hydrogen) atoms. The first-order valence-electron chi connectivity index (χ1n) is 11.9. The van der Waals surface area contributed by atoms with Crippen LogP contribution in [0.3, 0.4) is 0 Å². The number of hydrogen-bond acceptors (Lipinski definition) is 4. The predicted molar refractivity (Wildman–Crippen MR) is 127 cm³/mol. The van der Waals surface area contributed by atoms with E-state index in [0.717, 1.165) is 31.2 Å². The van der Waals surface area contributed by atoms with E-state index in [2.05, 4.69) is 0 Å². The van der Waals surface area contributed by atoms with Crippen molar-refractivity contribution in [2.45, 2.75) is 57.7 Å². The van der Waals surface area contributed by atoms with E-state index in [1.54, 1.807) is 14.2 Å². The molecule has 0 aromatic heterocycles. The average molecular weight is 451 g/mol. The van der Waals surface area contributed by atoms with E-state index in [0.29, 0.717) is 36.1 Å². The summed E-state index contributed by atoms with van der Waals surface area (Å²) in [4.78, 5) is 31.2. The van der Waals surface area contributed by atoms with Crippen molar-refractivity contribution >= 4 is 11.8 Å². The molecule has 1 saturated carbocycles. The van der Waals surface area contributed by atoms with Crippen LogP contribution in [0.2, 0.25) is 0 Å². The average Bonchev–Trinajstić information content (AvgIpc) is 3.26. The lowest BCUT2D eigenvalue weighted by Crippen LogP contribution is -2.50. The molecule has 3 atom stereocenters. The van der Waals surface area contributed by atoms with Crippen LogP contribution in [0, 0.1) is 5.92 Å². The monoisotopic (exact) mass is 450 g/mol. The summed E-state index contributed by atoms with van der Waals surface area (Å²) in [7, 11) is 3.22. The number of likely N-dealkylation sites (tertiary alicyclic amines) is 1. The molecule has 6 heteroatoms. The van der Waals surface area contributed by atoms with Crippen LogP contribution in [-0.2, 0) is 11.3 Å². The largest absolute Gasteiger partial charge is 0.493 e. The second kappa shape index (κ2) is 10.3. The highest BCUT2D eigenvalue weighted by atomic mass is 16.5. The summed E-state index contributed by atoms with van der Waals surface area (Å²) in [6.07, 6.45) is 5.12. The molecule has 3 unspecified atom stereocenters. The standard InChI is InChI=1S/C27H34N2O4/c1-4-28(18-19-14-15-24(32-2)25(16-19)33-3)27(31)23-17-21-12-8-9-13-22(21)29(23)26(30)20-10-6-5-7-11-20/h5-7,10-11,14-16,21-23H,4,8-9,12-13,17-18H2,1-3H3. The van der Waals surface area contributed by atoms with Gasteiger partial charge in [0.25, 0.3) is 5.91 Å². The minimum Gasteiger partial charge on any atom is -0.493 e. The Morgan fingerprint density at radius 1 is 1.00 bits per heavy atom. The summed E-state index contributed by atoms with van der Waals surface area (Å²) in [6, 6.07) is 14.8. The number of likely N-dealkylation sites (N-methyl/N-ethyl adjacent to an activating group) is 1. The Kier molecular flexibility index (Phi) is 7.21. The maximum absolute atomic E-state index is 13.8. The molecule has 0 bridgehead atoms. The highest BCUT2D eigenvalue weighted by Gasteiger charge is 2.48. The fraction of sp³-hybridized carbons (Fsp3) is 0.481. The minimum atomic E-state index is -0.411. The highest BCUT2D eigenvalue weighted by Crippen LogP contribution is 2.41. The first-order valence-corrected chi connectivity index (χ1v) is 11.9. The Bertz CT molecular complexity index is 977. The number of methoxy groups -OCH3 is 2. The molecule has 2 aromatic rings. The molecular formula is C27H34N2O4. The number of ether oxygens (including phenoxy) is 2. The lowest BCUT2D eigenvalue weighted by atomic mass is 9.84. The van der Waals surface area contributed by atoms with E-state index in [1.807, 2.05) is 65.3 Å². The van der Waals surface area contributed by atoms with Crippen molar-refractivity contribution in [1.29, 1.82) is 0 Å². The van der Waals surface area contributed by atoms with Crippen LogP contribution in [0.25, 0.3) is 0 Å². The van der Waals surface area contributed by atoms with E-state index in [4.69, 9.17) is 9.47 Å². The Morgan fingerprint density at radius 3 is 2.42 bits per heavy atom.